The number of anilines is 1. The van der Waals surface area contributed by atoms with Crippen molar-refractivity contribution < 1.29 is 14.4 Å². The molecule has 2 aromatic rings. The van der Waals surface area contributed by atoms with Crippen LogP contribution >= 0.6 is 0 Å². The monoisotopic (exact) mass is 416 g/mol. The summed E-state index contributed by atoms with van der Waals surface area (Å²) in [6, 6.07) is 14.5. The van der Waals surface area contributed by atoms with Crippen LogP contribution in [0.15, 0.2) is 48.5 Å². The van der Waals surface area contributed by atoms with Gasteiger partial charge in [0.05, 0.1) is 11.8 Å². The SMILES string of the molecule is Cc1ccc(NC(=O)[C@@H](Cc2ccccc2)N2C(=O)[C@@H]3[C@@H]4CC[C@@H](C4)[C@@H]3C2=O)cc1C. The van der Waals surface area contributed by atoms with Gasteiger partial charge in [-0.05, 0) is 73.8 Å². The number of fused-ring (bicyclic) bond motifs is 5. The molecule has 160 valence electrons. The molecule has 3 amide bonds. The Morgan fingerprint density at radius 3 is 2.23 bits per heavy atom. The first kappa shape index (κ1) is 20.0. The van der Waals surface area contributed by atoms with Crippen molar-refractivity contribution in [2.75, 3.05) is 5.32 Å². The summed E-state index contributed by atoms with van der Waals surface area (Å²) >= 11 is 0. The third kappa shape index (κ3) is 3.36. The normalized spacial score (nSPS) is 27.5. The molecule has 2 saturated carbocycles. The van der Waals surface area contributed by atoms with Crippen LogP contribution in [0.4, 0.5) is 5.69 Å². The first-order valence-electron chi connectivity index (χ1n) is 11.2. The van der Waals surface area contributed by atoms with Crippen LogP contribution < -0.4 is 5.32 Å². The van der Waals surface area contributed by atoms with Crippen molar-refractivity contribution in [2.24, 2.45) is 23.7 Å². The van der Waals surface area contributed by atoms with Crippen molar-refractivity contribution in [1.82, 2.24) is 4.90 Å². The number of hydrogen-bond acceptors (Lipinski definition) is 3. The van der Waals surface area contributed by atoms with Gasteiger partial charge in [-0.15, -0.1) is 0 Å². The van der Waals surface area contributed by atoms with Gasteiger partial charge in [-0.3, -0.25) is 19.3 Å². The molecule has 31 heavy (non-hydrogen) atoms. The Bertz CT molecular complexity index is 1020. The predicted octanol–water partition coefficient (Wildman–Crippen LogP) is 3.88. The number of benzene rings is 2. The van der Waals surface area contributed by atoms with Crippen molar-refractivity contribution in [3.05, 3.63) is 65.2 Å². The molecule has 2 aliphatic carbocycles. The van der Waals surface area contributed by atoms with Gasteiger partial charge in [0, 0.05) is 12.1 Å². The van der Waals surface area contributed by atoms with E-state index >= 15 is 0 Å². The average molecular weight is 417 g/mol. The highest BCUT2D eigenvalue weighted by Gasteiger charge is 2.62. The first-order valence-corrected chi connectivity index (χ1v) is 11.2. The maximum atomic E-state index is 13.4. The second-order valence-corrected chi connectivity index (χ2v) is 9.43. The molecule has 0 radical (unpaired) electrons. The van der Waals surface area contributed by atoms with E-state index in [1.807, 2.05) is 62.4 Å². The van der Waals surface area contributed by atoms with E-state index in [2.05, 4.69) is 5.32 Å². The number of rotatable bonds is 5. The summed E-state index contributed by atoms with van der Waals surface area (Å²) in [7, 11) is 0. The lowest BCUT2D eigenvalue weighted by atomic mass is 9.81. The summed E-state index contributed by atoms with van der Waals surface area (Å²) in [5.74, 6) is -0.427. The molecule has 5 rings (SSSR count). The summed E-state index contributed by atoms with van der Waals surface area (Å²) < 4.78 is 0. The highest BCUT2D eigenvalue weighted by Crippen LogP contribution is 2.56. The van der Waals surface area contributed by atoms with Gasteiger partial charge in [0.2, 0.25) is 17.7 Å². The maximum Gasteiger partial charge on any atom is 0.248 e. The molecule has 0 aromatic heterocycles. The quantitative estimate of drug-likeness (QED) is 0.752. The number of amides is 3. The van der Waals surface area contributed by atoms with Crippen molar-refractivity contribution in [3.8, 4) is 0 Å². The number of carbonyl (C=O) groups excluding carboxylic acids is 3. The second-order valence-electron chi connectivity index (χ2n) is 9.43. The van der Waals surface area contributed by atoms with Crippen LogP contribution in [0.2, 0.25) is 0 Å². The fourth-order valence-electron chi connectivity index (χ4n) is 5.92. The van der Waals surface area contributed by atoms with Gasteiger partial charge in [-0.25, -0.2) is 0 Å². The van der Waals surface area contributed by atoms with Gasteiger partial charge in [-0.1, -0.05) is 36.4 Å². The van der Waals surface area contributed by atoms with E-state index in [0.29, 0.717) is 23.9 Å². The fraction of sp³-hybridized carbons (Fsp3) is 0.423. The Morgan fingerprint density at radius 2 is 1.61 bits per heavy atom. The number of hydrogen-bond donors (Lipinski definition) is 1. The maximum absolute atomic E-state index is 13.4. The predicted molar refractivity (Wildman–Crippen MR) is 118 cm³/mol. The lowest BCUT2D eigenvalue weighted by Gasteiger charge is -2.27. The number of aryl methyl sites for hydroxylation is 2. The Balaban J connectivity index is 1.45. The van der Waals surface area contributed by atoms with Crippen molar-refractivity contribution in [1.29, 1.82) is 0 Å². The minimum atomic E-state index is -0.839. The fourth-order valence-corrected chi connectivity index (χ4v) is 5.92. The van der Waals surface area contributed by atoms with Crippen LogP contribution in [0.1, 0.15) is 36.0 Å². The van der Waals surface area contributed by atoms with E-state index in [4.69, 9.17) is 0 Å². The average Bonchev–Trinajstić information content (AvgIpc) is 3.44. The zero-order chi connectivity index (χ0) is 21.7. The lowest BCUT2D eigenvalue weighted by molar-refractivity contribution is -0.147. The highest BCUT2D eigenvalue weighted by atomic mass is 16.2. The number of imide groups is 1. The van der Waals surface area contributed by atoms with Gasteiger partial charge >= 0.3 is 0 Å². The molecular formula is C26H28N2O3. The molecular weight excluding hydrogens is 388 g/mol. The topological polar surface area (TPSA) is 66.5 Å². The van der Waals surface area contributed by atoms with E-state index in [1.54, 1.807) is 0 Å². The van der Waals surface area contributed by atoms with Crippen molar-refractivity contribution in [3.63, 3.8) is 0 Å². The van der Waals surface area contributed by atoms with Gasteiger partial charge in [0.1, 0.15) is 6.04 Å². The van der Waals surface area contributed by atoms with E-state index in [1.165, 1.54) is 4.90 Å². The summed E-state index contributed by atoms with van der Waals surface area (Å²) in [5.41, 5.74) is 3.85. The number of carbonyl (C=O) groups is 3. The summed E-state index contributed by atoms with van der Waals surface area (Å²) in [4.78, 5) is 41.5. The van der Waals surface area contributed by atoms with Crippen LogP contribution in [-0.4, -0.2) is 28.7 Å². The Hall–Kier alpha value is -2.95. The number of likely N-dealkylation sites (tertiary alicyclic amines) is 1. The molecule has 1 heterocycles. The standard InChI is InChI=1S/C26H28N2O3/c1-15-8-11-20(12-16(15)2)27-24(29)21(13-17-6-4-3-5-7-17)28-25(30)22-18-9-10-19(14-18)23(22)26(28)31/h3-8,11-12,18-19,21-23H,9-10,13-14H2,1-2H3,(H,27,29)/t18-,19+,21-,22-,23+/m1/s1. The number of nitrogens with zero attached hydrogens (tertiary/aromatic N) is 1. The molecule has 0 spiro atoms. The zero-order valence-electron chi connectivity index (χ0n) is 18.0. The van der Waals surface area contributed by atoms with Gasteiger partial charge in [0.25, 0.3) is 0 Å². The molecule has 5 heteroatoms. The Labute approximate surface area is 182 Å². The third-order valence-corrected chi connectivity index (χ3v) is 7.62. The van der Waals surface area contributed by atoms with Crippen molar-refractivity contribution >= 4 is 23.4 Å². The smallest absolute Gasteiger partial charge is 0.248 e. The van der Waals surface area contributed by atoms with Crippen LogP contribution in [0.3, 0.4) is 0 Å². The summed E-state index contributed by atoms with van der Waals surface area (Å²) in [6.07, 6.45) is 3.36. The Morgan fingerprint density at radius 1 is 0.968 bits per heavy atom. The zero-order valence-corrected chi connectivity index (χ0v) is 18.0. The molecule has 5 nitrogen and oxygen atoms in total. The van der Waals surface area contributed by atoms with E-state index in [9.17, 15) is 14.4 Å². The van der Waals surface area contributed by atoms with E-state index < -0.39 is 6.04 Å². The Kier molecular flexibility index (Phi) is 4.92. The van der Waals surface area contributed by atoms with Crippen molar-refractivity contribution in [2.45, 2.75) is 45.6 Å². The van der Waals surface area contributed by atoms with E-state index in [-0.39, 0.29) is 29.6 Å². The second kappa shape index (κ2) is 7.63. The van der Waals surface area contributed by atoms with Crippen LogP contribution in [0.25, 0.3) is 0 Å². The molecule has 3 aliphatic rings. The largest absolute Gasteiger partial charge is 0.324 e. The minimum absolute atomic E-state index is 0.140. The van der Waals surface area contributed by atoms with Crippen LogP contribution in [0.5, 0.6) is 0 Å². The first-order chi connectivity index (χ1) is 14.9. The third-order valence-electron chi connectivity index (χ3n) is 7.62. The van der Waals surface area contributed by atoms with Gasteiger partial charge in [0.15, 0.2) is 0 Å². The molecule has 1 aliphatic heterocycles. The molecule has 1 saturated heterocycles. The molecule has 5 atom stereocenters. The lowest BCUT2D eigenvalue weighted by Crippen LogP contribution is -2.49. The number of nitrogens with one attached hydrogen (secondary N) is 1. The molecule has 1 N–H and O–H groups in total. The summed E-state index contributed by atoms with van der Waals surface area (Å²) in [6.45, 7) is 4.02. The molecule has 0 unspecified atom stereocenters. The van der Waals surface area contributed by atoms with Crippen LogP contribution in [-0.2, 0) is 20.8 Å². The summed E-state index contributed by atoms with van der Waals surface area (Å²) in [5, 5.41) is 2.97. The highest BCUT2D eigenvalue weighted by molar-refractivity contribution is 6.10. The van der Waals surface area contributed by atoms with Crippen LogP contribution in [0, 0.1) is 37.5 Å². The molecule has 2 aromatic carbocycles. The van der Waals surface area contributed by atoms with Gasteiger partial charge < -0.3 is 5.32 Å². The van der Waals surface area contributed by atoms with E-state index in [0.717, 1.165) is 36.0 Å². The molecule has 2 bridgehead atoms. The van der Waals surface area contributed by atoms with Gasteiger partial charge in [-0.2, -0.15) is 0 Å². The minimum Gasteiger partial charge on any atom is -0.324 e. The molecule has 3 fully saturated rings.